The lowest BCUT2D eigenvalue weighted by atomic mass is 9.95. The number of hydrogen-bond acceptors (Lipinski definition) is 5. The van der Waals surface area contributed by atoms with Crippen molar-refractivity contribution < 1.29 is 19.4 Å². The molecule has 1 fully saturated rings. The van der Waals surface area contributed by atoms with E-state index in [1.807, 2.05) is 0 Å². The lowest BCUT2D eigenvalue weighted by Crippen LogP contribution is -2.29. The van der Waals surface area contributed by atoms with Crippen LogP contribution in [0.5, 0.6) is 5.75 Å². The SMILES string of the molecule is COc1ccc([C@@H]2C(=C(O)c3ccc(Cl)cc3)C(=O)C(=O)N2c2cccnc2)cc1. The molecule has 0 saturated carbocycles. The monoisotopic (exact) mass is 420 g/mol. The first-order valence-corrected chi connectivity index (χ1v) is 9.50. The number of ketones is 1. The second-order valence-corrected chi connectivity index (χ2v) is 7.10. The maximum Gasteiger partial charge on any atom is 0.300 e. The van der Waals surface area contributed by atoms with Gasteiger partial charge in [0.05, 0.1) is 30.6 Å². The fraction of sp³-hybridized carbons (Fsp3) is 0.0870. The molecule has 1 atom stereocenters. The number of carbonyl (C=O) groups is 2. The predicted molar refractivity (Wildman–Crippen MR) is 113 cm³/mol. The smallest absolute Gasteiger partial charge is 0.300 e. The van der Waals surface area contributed by atoms with Crippen molar-refractivity contribution in [2.75, 3.05) is 12.0 Å². The van der Waals surface area contributed by atoms with E-state index >= 15 is 0 Å². The number of amides is 1. The number of Topliss-reactive ketones (excluding diaryl/α,β-unsaturated/α-hetero) is 1. The summed E-state index contributed by atoms with van der Waals surface area (Å²) in [4.78, 5) is 31.4. The molecule has 2 heterocycles. The number of aliphatic hydroxyl groups is 1. The van der Waals surface area contributed by atoms with Crippen molar-refractivity contribution in [3.63, 3.8) is 0 Å². The van der Waals surface area contributed by atoms with Gasteiger partial charge in [-0.25, -0.2) is 0 Å². The minimum absolute atomic E-state index is 0.00339. The second-order valence-electron chi connectivity index (χ2n) is 6.66. The summed E-state index contributed by atoms with van der Waals surface area (Å²) in [5.41, 5.74) is 1.49. The zero-order valence-corrected chi connectivity index (χ0v) is 16.7. The highest BCUT2D eigenvalue weighted by atomic mass is 35.5. The number of carbonyl (C=O) groups excluding carboxylic acids is 2. The Labute approximate surface area is 178 Å². The maximum absolute atomic E-state index is 13.0. The quantitative estimate of drug-likeness (QED) is 0.385. The maximum atomic E-state index is 13.0. The Morgan fingerprint density at radius 3 is 2.37 bits per heavy atom. The lowest BCUT2D eigenvalue weighted by molar-refractivity contribution is -0.132. The van der Waals surface area contributed by atoms with Crippen molar-refractivity contribution in [2.24, 2.45) is 0 Å². The van der Waals surface area contributed by atoms with Gasteiger partial charge in [0.1, 0.15) is 11.5 Å². The Kier molecular flexibility index (Phi) is 5.25. The number of pyridine rings is 1. The molecule has 0 aliphatic carbocycles. The van der Waals surface area contributed by atoms with E-state index in [0.29, 0.717) is 27.6 Å². The van der Waals surface area contributed by atoms with Crippen LogP contribution in [-0.4, -0.2) is 28.9 Å². The molecule has 1 amide bonds. The van der Waals surface area contributed by atoms with E-state index in [1.165, 1.54) is 11.1 Å². The van der Waals surface area contributed by atoms with E-state index in [-0.39, 0.29) is 11.3 Å². The van der Waals surface area contributed by atoms with Gasteiger partial charge in [-0.1, -0.05) is 23.7 Å². The van der Waals surface area contributed by atoms with Crippen LogP contribution in [-0.2, 0) is 9.59 Å². The summed E-state index contributed by atoms with van der Waals surface area (Å²) in [5.74, 6) is -1.14. The molecule has 2 aromatic carbocycles. The highest BCUT2D eigenvalue weighted by molar-refractivity contribution is 6.51. The number of ether oxygens (including phenoxy) is 1. The fourth-order valence-corrected chi connectivity index (χ4v) is 3.59. The molecule has 1 aromatic heterocycles. The summed E-state index contributed by atoms with van der Waals surface area (Å²) in [6.07, 6.45) is 3.08. The first kappa shape index (κ1) is 19.7. The third-order valence-electron chi connectivity index (χ3n) is 4.92. The Morgan fingerprint density at radius 2 is 1.77 bits per heavy atom. The molecule has 0 bridgehead atoms. The van der Waals surface area contributed by atoms with Crippen LogP contribution in [0.1, 0.15) is 17.2 Å². The van der Waals surface area contributed by atoms with Gasteiger partial charge in [0.25, 0.3) is 11.7 Å². The van der Waals surface area contributed by atoms with Gasteiger partial charge in [0.2, 0.25) is 0 Å². The van der Waals surface area contributed by atoms with E-state index in [4.69, 9.17) is 16.3 Å². The summed E-state index contributed by atoms with van der Waals surface area (Å²) >= 11 is 5.94. The summed E-state index contributed by atoms with van der Waals surface area (Å²) in [6, 6.07) is 15.9. The number of benzene rings is 2. The van der Waals surface area contributed by atoms with Gasteiger partial charge in [0, 0.05) is 16.8 Å². The Balaban J connectivity index is 1.92. The van der Waals surface area contributed by atoms with Crippen LogP contribution in [0.15, 0.2) is 78.6 Å². The molecular weight excluding hydrogens is 404 g/mol. The van der Waals surface area contributed by atoms with Crippen LogP contribution >= 0.6 is 11.6 Å². The zero-order valence-electron chi connectivity index (χ0n) is 15.9. The van der Waals surface area contributed by atoms with Gasteiger partial charge in [-0.2, -0.15) is 0 Å². The highest BCUT2D eigenvalue weighted by Gasteiger charge is 2.47. The van der Waals surface area contributed by atoms with Crippen molar-refractivity contribution >= 4 is 34.7 Å². The predicted octanol–water partition coefficient (Wildman–Crippen LogP) is 4.37. The first-order valence-electron chi connectivity index (χ1n) is 9.12. The minimum Gasteiger partial charge on any atom is -0.507 e. The second kappa shape index (κ2) is 8.00. The molecule has 4 rings (SSSR count). The van der Waals surface area contributed by atoms with Crippen LogP contribution in [0.3, 0.4) is 0 Å². The van der Waals surface area contributed by atoms with Gasteiger partial charge in [-0.3, -0.25) is 19.5 Å². The van der Waals surface area contributed by atoms with E-state index in [0.717, 1.165) is 0 Å². The van der Waals surface area contributed by atoms with E-state index in [2.05, 4.69) is 4.98 Å². The standard InChI is InChI=1S/C23H17ClN2O4/c1-30-18-10-6-14(7-11-18)20-19(21(27)15-4-8-16(24)9-5-15)22(28)23(29)26(20)17-3-2-12-25-13-17/h2-13,20,27H,1H3/t20-/m1/s1. The van der Waals surface area contributed by atoms with E-state index in [9.17, 15) is 14.7 Å². The average molecular weight is 421 g/mol. The lowest BCUT2D eigenvalue weighted by Gasteiger charge is -2.25. The van der Waals surface area contributed by atoms with Crippen molar-refractivity contribution in [3.05, 3.63) is 94.8 Å². The first-order chi connectivity index (χ1) is 14.5. The van der Waals surface area contributed by atoms with Crippen molar-refractivity contribution in [3.8, 4) is 5.75 Å². The Hall–Kier alpha value is -3.64. The van der Waals surface area contributed by atoms with Gasteiger partial charge < -0.3 is 9.84 Å². The molecular formula is C23H17ClN2O4. The third kappa shape index (κ3) is 3.42. The zero-order chi connectivity index (χ0) is 21.3. The van der Waals surface area contributed by atoms with Crippen molar-refractivity contribution in [2.45, 2.75) is 6.04 Å². The summed E-state index contributed by atoms with van der Waals surface area (Å²) in [7, 11) is 1.55. The molecule has 150 valence electrons. The summed E-state index contributed by atoms with van der Waals surface area (Å²) in [5, 5.41) is 11.5. The molecule has 0 radical (unpaired) electrons. The van der Waals surface area contributed by atoms with Crippen LogP contribution in [0.4, 0.5) is 5.69 Å². The van der Waals surface area contributed by atoms with Gasteiger partial charge >= 0.3 is 0 Å². The molecule has 30 heavy (non-hydrogen) atoms. The molecule has 0 spiro atoms. The normalized spacial score (nSPS) is 17.9. The van der Waals surface area contributed by atoms with Gasteiger partial charge in [0.15, 0.2) is 0 Å². The highest BCUT2D eigenvalue weighted by Crippen LogP contribution is 2.42. The fourth-order valence-electron chi connectivity index (χ4n) is 3.46. The molecule has 1 N–H and O–H groups in total. The van der Waals surface area contributed by atoms with Crippen LogP contribution < -0.4 is 9.64 Å². The molecule has 7 heteroatoms. The summed E-state index contributed by atoms with van der Waals surface area (Å²) < 4.78 is 5.21. The van der Waals surface area contributed by atoms with Crippen molar-refractivity contribution in [1.82, 2.24) is 4.98 Å². The molecule has 1 saturated heterocycles. The topological polar surface area (TPSA) is 79.7 Å². The van der Waals surface area contributed by atoms with Crippen LogP contribution in [0, 0.1) is 0 Å². The molecule has 1 aliphatic heterocycles. The Morgan fingerprint density at radius 1 is 1.07 bits per heavy atom. The van der Waals surface area contributed by atoms with Gasteiger partial charge in [-0.05, 0) is 54.1 Å². The molecule has 0 unspecified atom stereocenters. The van der Waals surface area contributed by atoms with Gasteiger partial charge in [-0.15, -0.1) is 0 Å². The number of methoxy groups -OCH3 is 1. The molecule has 1 aliphatic rings. The summed E-state index contributed by atoms with van der Waals surface area (Å²) in [6.45, 7) is 0. The largest absolute Gasteiger partial charge is 0.507 e. The number of aliphatic hydroxyl groups excluding tert-OH is 1. The molecule has 6 nitrogen and oxygen atoms in total. The Bertz CT molecular complexity index is 1130. The minimum atomic E-state index is -0.823. The number of hydrogen-bond donors (Lipinski definition) is 1. The van der Waals surface area contributed by atoms with Crippen LogP contribution in [0.25, 0.3) is 5.76 Å². The average Bonchev–Trinajstić information content (AvgIpc) is 3.05. The van der Waals surface area contributed by atoms with Crippen molar-refractivity contribution in [1.29, 1.82) is 0 Å². The van der Waals surface area contributed by atoms with E-state index < -0.39 is 17.7 Å². The number of rotatable bonds is 4. The van der Waals surface area contributed by atoms with Crippen LogP contribution in [0.2, 0.25) is 5.02 Å². The number of anilines is 1. The third-order valence-corrected chi connectivity index (χ3v) is 5.17. The number of aromatic nitrogens is 1. The number of halogens is 1. The molecule has 3 aromatic rings. The number of nitrogens with zero attached hydrogens (tertiary/aromatic N) is 2. The van der Waals surface area contributed by atoms with E-state index in [1.54, 1.807) is 74.0 Å².